The summed E-state index contributed by atoms with van der Waals surface area (Å²) >= 11 is 0. The maximum Gasteiger partial charge on any atom is 0.408 e. The highest BCUT2D eigenvalue weighted by molar-refractivity contribution is 6.38. The largest absolute Gasteiger partial charge is 0.444 e. The van der Waals surface area contributed by atoms with Gasteiger partial charge in [0.25, 0.3) is 5.91 Å². The maximum absolute atomic E-state index is 14.1. The van der Waals surface area contributed by atoms with Crippen LogP contribution in [0.1, 0.15) is 80.2 Å². The Labute approximate surface area is 277 Å². The third-order valence-corrected chi connectivity index (χ3v) is 9.40. The van der Waals surface area contributed by atoms with Crippen LogP contribution in [-0.2, 0) is 35.3 Å². The molecule has 4 rings (SSSR count). The fourth-order valence-corrected chi connectivity index (χ4v) is 6.49. The van der Waals surface area contributed by atoms with Crippen LogP contribution in [0.15, 0.2) is 30.3 Å². The lowest BCUT2D eigenvalue weighted by atomic mass is 9.85. The summed E-state index contributed by atoms with van der Waals surface area (Å²) in [6.07, 6.45) is 1.34. The zero-order valence-electron chi connectivity index (χ0n) is 28.9. The third kappa shape index (κ3) is 9.10. The van der Waals surface area contributed by atoms with Gasteiger partial charge in [0.1, 0.15) is 17.7 Å². The van der Waals surface area contributed by atoms with Crippen LogP contribution in [0, 0.1) is 28.6 Å². The Morgan fingerprint density at radius 2 is 1.57 bits per heavy atom. The van der Waals surface area contributed by atoms with Crippen LogP contribution >= 0.6 is 0 Å². The minimum atomic E-state index is -1.10. The Bertz CT molecular complexity index is 1380. The van der Waals surface area contributed by atoms with Gasteiger partial charge in [-0.2, -0.15) is 0 Å². The highest BCUT2D eigenvalue weighted by Crippen LogP contribution is 2.65. The summed E-state index contributed by atoms with van der Waals surface area (Å²) in [7, 11) is 0. The maximum atomic E-state index is 14.1. The lowest BCUT2D eigenvalue weighted by molar-refractivity contribution is -0.145. The summed E-state index contributed by atoms with van der Waals surface area (Å²) < 4.78 is 5.43. The van der Waals surface area contributed by atoms with E-state index in [1.807, 2.05) is 65.0 Å². The van der Waals surface area contributed by atoms with E-state index in [-0.39, 0.29) is 36.3 Å². The van der Waals surface area contributed by atoms with E-state index in [1.54, 1.807) is 20.8 Å². The molecule has 1 aromatic carbocycles. The van der Waals surface area contributed by atoms with Gasteiger partial charge in [-0.3, -0.25) is 24.0 Å². The number of carbonyl (C=O) groups excluding carboxylic acids is 6. The van der Waals surface area contributed by atoms with Gasteiger partial charge in [-0.05, 0) is 61.3 Å². The van der Waals surface area contributed by atoms with Crippen LogP contribution in [0.25, 0.3) is 0 Å². The molecular formula is C35H51N5O7. The molecule has 3 fully saturated rings. The fraction of sp³-hybridized carbons (Fsp3) is 0.657. The molecule has 0 bridgehead atoms. The molecule has 12 heteroatoms. The van der Waals surface area contributed by atoms with Crippen molar-refractivity contribution in [1.29, 1.82) is 0 Å². The molecule has 12 nitrogen and oxygen atoms in total. The zero-order chi connectivity index (χ0) is 34.9. The summed E-state index contributed by atoms with van der Waals surface area (Å²) in [5.74, 6) is -3.03. The van der Waals surface area contributed by atoms with Crippen LogP contribution in [-0.4, -0.2) is 77.2 Å². The van der Waals surface area contributed by atoms with Gasteiger partial charge in [0.05, 0.1) is 12.6 Å². The van der Waals surface area contributed by atoms with Crippen LogP contribution in [0.4, 0.5) is 4.79 Å². The average Bonchev–Trinajstić information content (AvgIpc) is 3.83. The normalized spacial score (nSPS) is 22.6. The molecule has 2 saturated carbocycles. The number of carbonyl (C=O) groups is 6. The van der Waals surface area contributed by atoms with E-state index in [0.717, 1.165) is 18.4 Å². The molecule has 0 aromatic heterocycles. The monoisotopic (exact) mass is 653 g/mol. The van der Waals surface area contributed by atoms with Gasteiger partial charge in [-0.15, -0.1) is 0 Å². The second-order valence-electron chi connectivity index (χ2n) is 15.9. The Morgan fingerprint density at radius 1 is 0.936 bits per heavy atom. The van der Waals surface area contributed by atoms with E-state index < -0.39 is 64.6 Å². The van der Waals surface area contributed by atoms with Gasteiger partial charge in [-0.1, -0.05) is 77.8 Å². The average molecular weight is 654 g/mol. The fourth-order valence-electron chi connectivity index (χ4n) is 6.49. The molecule has 3 unspecified atom stereocenters. The molecule has 2 aliphatic carbocycles. The molecule has 3 aliphatic rings. The van der Waals surface area contributed by atoms with Crippen molar-refractivity contribution >= 4 is 35.5 Å². The lowest BCUT2D eigenvalue weighted by Crippen LogP contribution is -2.61. The Kier molecular flexibility index (Phi) is 10.4. The van der Waals surface area contributed by atoms with Crippen LogP contribution in [0.5, 0.6) is 0 Å². The highest BCUT2D eigenvalue weighted by atomic mass is 16.6. The van der Waals surface area contributed by atoms with Crippen molar-refractivity contribution in [3.63, 3.8) is 0 Å². The van der Waals surface area contributed by atoms with Crippen molar-refractivity contribution in [2.75, 3.05) is 13.1 Å². The standard InChI is InChI=1S/C35H51N5O7/c1-33(2,3)28(39-32(46)47-34(4,5)6)31(45)40-19-22-25(35(22,7)8)26(40)29(43)38-23(16-20-14-15-20)27(42)30(44)37-18-24(41)36-17-21-12-10-9-11-13-21/h9-13,20,22-23,25-26,28H,14-19H2,1-8H3,(H,36,41)(H,37,44)(H,38,43)(H,39,46)/t22?,23?,25?,26-,28+/m0/s1. The Morgan fingerprint density at radius 3 is 2.15 bits per heavy atom. The number of likely N-dealkylation sites (tertiary alicyclic amines) is 1. The first kappa shape index (κ1) is 35.9. The molecule has 0 radical (unpaired) electrons. The van der Waals surface area contributed by atoms with Crippen LogP contribution in [0.3, 0.4) is 0 Å². The summed E-state index contributed by atoms with van der Waals surface area (Å²) in [4.78, 5) is 81.0. The number of hydrogen-bond acceptors (Lipinski definition) is 7. The number of rotatable bonds is 12. The smallest absolute Gasteiger partial charge is 0.408 e. The summed E-state index contributed by atoms with van der Waals surface area (Å²) in [6, 6.07) is 6.34. The molecule has 47 heavy (non-hydrogen) atoms. The van der Waals surface area contributed by atoms with Crippen molar-refractivity contribution in [3.05, 3.63) is 35.9 Å². The van der Waals surface area contributed by atoms with E-state index in [0.29, 0.717) is 13.0 Å². The number of Topliss-reactive ketones (excluding diaryl/α,β-unsaturated/α-hetero) is 1. The van der Waals surface area contributed by atoms with Gasteiger partial charge in [0.2, 0.25) is 23.5 Å². The second-order valence-corrected chi connectivity index (χ2v) is 15.9. The first-order valence-electron chi connectivity index (χ1n) is 16.5. The van der Waals surface area contributed by atoms with Crippen LogP contribution in [0.2, 0.25) is 0 Å². The third-order valence-electron chi connectivity index (χ3n) is 9.40. The molecule has 258 valence electrons. The quantitative estimate of drug-likeness (QED) is 0.252. The SMILES string of the molecule is CC(C)(C)OC(=O)N[C@H](C(=O)N1CC2C([C@H]1C(=O)NC(CC1CC1)C(=O)C(=O)NCC(=O)NCc1ccccc1)C2(C)C)C(C)(C)C. The molecule has 1 aromatic rings. The van der Waals surface area contributed by atoms with Gasteiger partial charge < -0.3 is 30.9 Å². The Hall–Kier alpha value is -3.96. The van der Waals surface area contributed by atoms with E-state index in [9.17, 15) is 28.8 Å². The predicted molar refractivity (Wildman–Crippen MR) is 174 cm³/mol. The molecular weight excluding hydrogens is 602 g/mol. The van der Waals surface area contributed by atoms with Gasteiger partial charge >= 0.3 is 6.09 Å². The summed E-state index contributed by atoms with van der Waals surface area (Å²) in [5.41, 5.74) is -0.772. The molecule has 4 N–H and O–H groups in total. The lowest BCUT2D eigenvalue weighted by Gasteiger charge is -2.38. The summed E-state index contributed by atoms with van der Waals surface area (Å²) in [5, 5.41) is 10.6. The number of piperidine rings is 1. The number of amides is 5. The zero-order valence-corrected chi connectivity index (χ0v) is 28.9. The molecule has 1 saturated heterocycles. The van der Waals surface area contributed by atoms with Gasteiger partial charge in [0.15, 0.2) is 0 Å². The number of benzene rings is 1. The molecule has 0 spiro atoms. The van der Waals surface area contributed by atoms with E-state index in [1.165, 1.54) is 4.90 Å². The number of hydrogen-bond donors (Lipinski definition) is 4. The Balaban J connectivity index is 1.44. The molecule has 1 heterocycles. The molecule has 1 aliphatic heterocycles. The number of ketones is 1. The van der Waals surface area contributed by atoms with Crippen molar-refractivity contribution in [3.8, 4) is 0 Å². The second kappa shape index (κ2) is 13.6. The van der Waals surface area contributed by atoms with E-state index in [2.05, 4.69) is 21.3 Å². The minimum Gasteiger partial charge on any atom is -0.444 e. The van der Waals surface area contributed by atoms with Crippen LogP contribution < -0.4 is 21.3 Å². The van der Waals surface area contributed by atoms with Crippen molar-refractivity contribution in [2.24, 2.45) is 28.6 Å². The van der Waals surface area contributed by atoms with Gasteiger partial charge in [-0.25, -0.2) is 4.79 Å². The van der Waals surface area contributed by atoms with E-state index >= 15 is 0 Å². The summed E-state index contributed by atoms with van der Waals surface area (Å²) in [6.45, 7) is 15.0. The number of alkyl carbamates (subject to hydrolysis) is 1. The predicted octanol–water partition coefficient (Wildman–Crippen LogP) is 2.70. The number of fused-ring (bicyclic) bond motifs is 1. The first-order valence-corrected chi connectivity index (χ1v) is 16.5. The number of nitrogens with one attached hydrogen (secondary N) is 4. The minimum absolute atomic E-state index is 0.0691. The van der Waals surface area contributed by atoms with E-state index in [4.69, 9.17) is 4.74 Å². The first-order chi connectivity index (χ1) is 21.8. The molecule has 5 amide bonds. The van der Waals surface area contributed by atoms with Gasteiger partial charge in [0, 0.05) is 13.1 Å². The number of nitrogens with zero attached hydrogens (tertiary/aromatic N) is 1. The van der Waals surface area contributed by atoms with Crippen molar-refractivity contribution < 1.29 is 33.5 Å². The highest BCUT2D eigenvalue weighted by Gasteiger charge is 2.70. The molecule has 5 atom stereocenters. The topological polar surface area (TPSA) is 163 Å². The number of ether oxygens (including phenoxy) is 1. The van der Waals surface area contributed by atoms with Crippen molar-refractivity contribution in [1.82, 2.24) is 26.2 Å². The van der Waals surface area contributed by atoms with Crippen molar-refractivity contribution in [2.45, 2.75) is 105 Å².